The summed E-state index contributed by atoms with van der Waals surface area (Å²) in [6.45, 7) is 0.527. The predicted molar refractivity (Wildman–Crippen MR) is 104 cm³/mol. The Labute approximate surface area is 161 Å². The topological polar surface area (TPSA) is 38.8 Å². The fraction of sp³-hybridized carbons (Fsp3) is 0.250. The highest BCUT2D eigenvalue weighted by Gasteiger charge is 2.08. The van der Waals surface area contributed by atoms with E-state index < -0.39 is 0 Å². The van der Waals surface area contributed by atoms with Crippen LogP contribution in [0.3, 0.4) is 0 Å². The molecule has 0 bridgehead atoms. The molecule has 6 heteroatoms. The number of halogens is 2. The molecule has 0 atom stereocenters. The molecule has 0 saturated carbocycles. The molecule has 1 amide bonds. The van der Waals surface area contributed by atoms with E-state index in [1.54, 1.807) is 38.3 Å². The maximum Gasteiger partial charge on any atom is 0.246 e. The van der Waals surface area contributed by atoms with Crippen LogP contribution in [-0.2, 0) is 11.2 Å². The van der Waals surface area contributed by atoms with Crippen molar-refractivity contribution in [3.8, 4) is 11.5 Å². The van der Waals surface area contributed by atoms with E-state index in [9.17, 15) is 9.18 Å². The molecule has 138 valence electrons. The molecule has 0 aliphatic carbocycles. The molecular formula is C20H21BrFNO3. The smallest absolute Gasteiger partial charge is 0.246 e. The van der Waals surface area contributed by atoms with Crippen molar-refractivity contribution in [2.45, 2.75) is 6.42 Å². The molecule has 0 heterocycles. The van der Waals surface area contributed by atoms with Gasteiger partial charge in [0.05, 0.1) is 14.2 Å². The van der Waals surface area contributed by atoms with Gasteiger partial charge in [0.15, 0.2) is 11.5 Å². The highest BCUT2D eigenvalue weighted by molar-refractivity contribution is 9.10. The number of likely N-dealkylation sites (N-methyl/N-ethyl adjacent to an activating group) is 1. The summed E-state index contributed by atoms with van der Waals surface area (Å²) in [4.78, 5) is 13.8. The van der Waals surface area contributed by atoms with Crippen molar-refractivity contribution in [2.75, 3.05) is 27.8 Å². The van der Waals surface area contributed by atoms with Gasteiger partial charge < -0.3 is 14.4 Å². The van der Waals surface area contributed by atoms with Gasteiger partial charge in [0.25, 0.3) is 0 Å². The van der Waals surface area contributed by atoms with Gasteiger partial charge in [0.1, 0.15) is 5.82 Å². The Morgan fingerprint density at radius 2 is 1.88 bits per heavy atom. The number of rotatable bonds is 7. The van der Waals surface area contributed by atoms with Gasteiger partial charge in [-0.2, -0.15) is 0 Å². The first-order chi connectivity index (χ1) is 12.4. The molecule has 0 aromatic heterocycles. The van der Waals surface area contributed by atoms with E-state index in [2.05, 4.69) is 15.9 Å². The van der Waals surface area contributed by atoms with Gasteiger partial charge >= 0.3 is 0 Å². The minimum atomic E-state index is -0.370. The second kappa shape index (κ2) is 9.38. The van der Waals surface area contributed by atoms with Gasteiger partial charge in [0, 0.05) is 29.7 Å². The number of carbonyl (C=O) groups is 1. The van der Waals surface area contributed by atoms with Gasteiger partial charge in [-0.1, -0.05) is 22.0 Å². The number of hydrogen-bond acceptors (Lipinski definition) is 3. The van der Waals surface area contributed by atoms with E-state index in [1.807, 2.05) is 18.2 Å². The molecule has 0 unspecified atom stereocenters. The zero-order valence-electron chi connectivity index (χ0n) is 15.0. The molecule has 0 fully saturated rings. The van der Waals surface area contributed by atoms with Crippen molar-refractivity contribution in [1.29, 1.82) is 0 Å². The summed E-state index contributed by atoms with van der Waals surface area (Å²) in [7, 11) is 4.89. The molecule has 0 saturated heterocycles. The maximum atomic E-state index is 13.7. The first-order valence-corrected chi connectivity index (χ1v) is 8.83. The van der Waals surface area contributed by atoms with Crippen molar-refractivity contribution in [3.63, 3.8) is 0 Å². The molecule has 2 aromatic carbocycles. The van der Waals surface area contributed by atoms with Gasteiger partial charge in [-0.25, -0.2) is 4.39 Å². The molecule has 0 aliphatic rings. The van der Waals surface area contributed by atoms with Crippen LogP contribution in [0.5, 0.6) is 11.5 Å². The Hall–Kier alpha value is -2.34. The standard InChI is InChI=1S/C20H21BrFNO3/c1-23(11-10-14-4-8-18(25-2)19(12-14)26-3)20(24)9-5-15-13-16(21)6-7-17(15)22/h4-9,12-13H,10-11H2,1-3H3/b9-5+. The van der Waals surface area contributed by atoms with Crippen molar-refractivity contribution < 1.29 is 18.7 Å². The number of benzene rings is 2. The summed E-state index contributed by atoms with van der Waals surface area (Å²) in [6, 6.07) is 10.3. The molecule has 4 nitrogen and oxygen atoms in total. The molecule has 26 heavy (non-hydrogen) atoms. The first kappa shape index (κ1) is 20.0. The number of hydrogen-bond donors (Lipinski definition) is 0. The summed E-state index contributed by atoms with van der Waals surface area (Å²) in [5.74, 6) is 0.763. The monoisotopic (exact) mass is 421 g/mol. The van der Waals surface area contributed by atoms with Gasteiger partial charge in [-0.05, 0) is 48.4 Å². The van der Waals surface area contributed by atoms with Crippen molar-refractivity contribution in [3.05, 3.63) is 63.9 Å². The summed E-state index contributed by atoms with van der Waals surface area (Å²) in [5, 5.41) is 0. The number of methoxy groups -OCH3 is 2. The zero-order valence-corrected chi connectivity index (χ0v) is 16.5. The van der Waals surface area contributed by atoms with Crippen LogP contribution in [0, 0.1) is 5.82 Å². The molecule has 0 aliphatic heterocycles. The zero-order chi connectivity index (χ0) is 19.1. The number of nitrogens with zero attached hydrogens (tertiary/aromatic N) is 1. The number of carbonyl (C=O) groups excluding carboxylic acids is 1. The van der Waals surface area contributed by atoms with Crippen molar-refractivity contribution in [2.24, 2.45) is 0 Å². The molecule has 0 spiro atoms. The Kier molecular flexibility index (Phi) is 7.21. The largest absolute Gasteiger partial charge is 0.493 e. The van der Waals surface area contributed by atoms with Gasteiger partial charge in [-0.15, -0.1) is 0 Å². The molecule has 2 aromatic rings. The Morgan fingerprint density at radius 1 is 1.15 bits per heavy atom. The van der Waals surface area contributed by atoms with E-state index >= 15 is 0 Å². The third-order valence-corrected chi connectivity index (χ3v) is 4.42. The lowest BCUT2D eigenvalue weighted by Gasteiger charge is -2.16. The summed E-state index contributed by atoms with van der Waals surface area (Å²) in [5.41, 5.74) is 1.39. The van der Waals surface area contributed by atoms with Crippen LogP contribution in [0.1, 0.15) is 11.1 Å². The highest BCUT2D eigenvalue weighted by Crippen LogP contribution is 2.27. The van der Waals surface area contributed by atoms with Crippen LogP contribution in [0.25, 0.3) is 6.08 Å². The third-order valence-electron chi connectivity index (χ3n) is 3.92. The number of amides is 1. The van der Waals surface area contributed by atoms with E-state index in [-0.39, 0.29) is 11.7 Å². The van der Waals surface area contributed by atoms with Crippen LogP contribution in [0.4, 0.5) is 4.39 Å². The molecule has 0 N–H and O–H groups in total. The second-order valence-electron chi connectivity index (χ2n) is 5.70. The average molecular weight is 422 g/mol. The SMILES string of the molecule is COc1ccc(CCN(C)C(=O)/C=C/c2cc(Br)ccc2F)cc1OC. The van der Waals surface area contributed by atoms with Crippen LogP contribution in [0.2, 0.25) is 0 Å². The second-order valence-corrected chi connectivity index (χ2v) is 6.61. The van der Waals surface area contributed by atoms with Crippen molar-refractivity contribution >= 4 is 27.9 Å². The summed E-state index contributed by atoms with van der Waals surface area (Å²) in [6.07, 6.45) is 3.52. The fourth-order valence-electron chi connectivity index (χ4n) is 2.37. The Morgan fingerprint density at radius 3 is 2.58 bits per heavy atom. The summed E-state index contributed by atoms with van der Waals surface area (Å²) >= 11 is 3.29. The Balaban J connectivity index is 1.97. The summed E-state index contributed by atoms with van der Waals surface area (Å²) < 4.78 is 25.0. The van der Waals surface area contributed by atoms with Crippen LogP contribution in [0.15, 0.2) is 46.9 Å². The van der Waals surface area contributed by atoms with Gasteiger partial charge in [0.2, 0.25) is 5.91 Å². The lowest BCUT2D eigenvalue weighted by Crippen LogP contribution is -2.27. The lowest BCUT2D eigenvalue weighted by atomic mass is 10.1. The molecule has 2 rings (SSSR count). The Bertz CT molecular complexity index is 808. The lowest BCUT2D eigenvalue weighted by molar-refractivity contribution is -0.124. The minimum Gasteiger partial charge on any atom is -0.493 e. The van der Waals surface area contributed by atoms with Crippen molar-refractivity contribution in [1.82, 2.24) is 4.90 Å². The minimum absolute atomic E-state index is 0.190. The van der Waals surface area contributed by atoms with Gasteiger partial charge in [-0.3, -0.25) is 4.79 Å². The molecular weight excluding hydrogens is 401 g/mol. The van der Waals surface area contributed by atoms with E-state index in [1.165, 1.54) is 18.2 Å². The highest BCUT2D eigenvalue weighted by atomic mass is 79.9. The number of ether oxygens (including phenoxy) is 2. The first-order valence-electron chi connectivity index (χ1n) is 8.03. The van der Waals surface area contributed by atoms with Crippen LogP contribution >= 0.6 is 15.9 Å². The van der Waals surface area contributed by atoms with Crippen LogP contribution < -0.4 is 9.47 Å². The van der Waals surface area contributed by atoms with E-state index in [0.717, 1.165) is 10.0 Å². The van der Waals surface area contributed by atoms with E-state index in [0.29, 0.717) is 30.0 Å². The van der Waals surface area contributed by atoms with Crippen LogP contribution in [-0.4, -0.2) is 38.6 Å². The fourth-order valence-corrected chi connectivity index (χ4v) is 2.75. The third kappa shape index (κ3) is 5.33. The quantitative estimate of drug-likeness (QED) is 0.624. The molecule has 0 radical (unpaired) electrons. The maximum absolute atomic E-state index is 13.7. The average Bonchev–Trinajstić information content (AvgIpc) is 2.66. The normalized spacial score (nSPS) is 10.8. The van der Waals surface area contributed by atoms with E-state index in [4.69, 9.17) is 9.47 Å². The predicted octanol–water partition coefficient (Wildman–Crippen LogP) is 4.32.